The minimum Gasteiger partial charge on any atom is -0.462 e. The van der Waals surface area contributed by atoms with Gasteiger partial charge in [0.05, 0.1) is 23.5 Å². The molecule has 0 saturated heterocycles. The van der Waals surface area contributed by atoms with E-state index in [2.05, 4.69) is 5.32 Å². The first-order chi connectivity index (χ1) is 13.8. The molecule has 0 bridgehead atoms. The van der Waals surface area contributed by atoms with Crippen molar-refractivity contribution in [3.63, 3.8) is 0 Å². The molecule has 2 rings (SSSR count). The lowest BCUT2D eigenvalue weighted by atomic mass is 10.1. The highest BCUT2D eigenvalue weighted by Crippen LogP contribution is 2.19. The lowest BCUT2D eigenvalue weighted by Gasteiger charge is -2.19. The van der Waals surface area contributed by atoms with Crippen molar-refractivity contribution in [2.24, 2.45) is 0 Å². The molecule has 0 fully saturated rings. The standard InChI is InChI=1S/C21H23N3O5/c1-3-4-13-29-21(28)17-7-5-6-8-18(17)23-19(26)20(27)24(14(2)25)16-11-9-15(22)10-12-16/h5-12H,3-4,13,22H2,1-2H3,(H,23,26). The Labute approximate surface area is 168 Å². The number of carbonyl (C=O) groups excluding carboxylic acids is 4. The van der Waals surface area contributed by atoms with Gasteiger partial charge in [0, 0.05) is 12.6 Å². The molecule has 0 heterocycles. The van der Waals surface area contributed by atoms with Crippen LogP contribution in [0.15, 0.2) is 48.5 Å². The molecule has 0 spiro atoms. The predicted octanol–water partition coefficient (Wildman–Crippen LogP) is 2.74. The molecule has 0 aliphatic carbocycles. The van der Waals surface area contributed by atoms with Crippen LogP contribution in [0.4, 0.5) is 17.1 Å². The van der Waals surface area contributed by atoms with Gasteiger partial charge in [-0.25, -0.2) is 9.69 Å². The minimum atomic E-state index is -1.09. The summed E-state index contributed by atoms with van der Waals surface area (Å²) in [5.74, 6) is -3.40. The number of para-hydroxylation sites is 1. The van der Waals surface area contributed by atoms with E-state index in [0.29, 0.717) is 12.1 Å². The molecule has 29 heavy (non-hydrogen) atoms. The van der Waals surface area contributed by atoms with Gasteiger partial charge in [0.25, 0.3) is 0 Å². The smallest absolute Gasteiger partial charge is 0.340 e. The van der Waals surface area contributed by atoms with Crippen LogP contribution in [0.2, 0.25) is 0 Å². The number of benzene rings is 2. The Kier molecular flexibility index (Phi) is 7.47. The number of nitrogen functional groups attached to an aromatic ring is 1. The molecule has 3 amide bonds. The van der Waals surface area contributed by atoms with Gasteiger partial charge in [0.15, 0.2) is 0 Å². The first kappa shape index (κ1) is 21.6. The summed E-state index contributed by atoms with van der Waals surface area (Å²) in [6.45, 7) is 3.39. The first-order valence-electron chi connectivity index (χ1n) is 9.12. The second-order valence-corrected chi connectivity index (χ2v) is 6.24. The number of rotatable bonds is 6. The molecule has 0 radical (unpaired) electrons. The van der Waals surface area contributed by atoms with Crippen molar-refractivity contribution in [3.05, 3.63) is 54.1 Å². The molecule has 3 N–H and O–H groups in total. The van der Waals surface area contributed by atoms with Crippen LogP contribution in [0, 0.1) is 0 Å². The van der Waals surface area contributed by atoms with Gasteiger partial charge >= 0.3 is 17.8 Å². The number of hydrogen-bond donors (Lipinski definition) is 2. The Hall–Kier alpha value is -3.68. The predicted molar refractivity (Wildman–Crippen MR) is 109 cm³/mol. The summed E-state index contributed by atoms with van der Waals surface area (Å²) in [5.41, 5.74) is 6.51. The van der Waals surface area contributed by atoms with Gasteiger partial charge in [0.2, 0.25) is 5.91 Å². The molecular weight excluding hydrogens is 374 g/mol. The average molecular weight is 397 g/mol. The summed E-state index contributed by atoms with van der Waals surface area (Å²) < 4.78 is 5.17. The van der Waals surface area contributed by atoms with Gasteiger partial charge in [0.1, 0.15) is 0 Å². The fourth-order valence-corrected chi connectivity index (χ4v) is 2.50. The van der Waals surface area contributed by atoms with Crippen LogP contribution in [-0.4, -0.2) is 30.3 Å². The average Bonchev–Trinajstić information content (AvgIpc) is 2.69. The molecule has 0 saturated carbocycles. The van der Waals surface area contributed by atoms with Crippen LogP contribution >= 0.6 is 0 Å². The number of amides is 3. The molecule has 0 aliphatic rings. The molecule has 0 aromatic heterocycles. The molecule has 2 aromatic rings. The van der Waals surface area contributed by atoms with E-state index in [9.17, 15) is 19.2 Å². The summed E-state index contributed by atoms with van der Waals surface area (Å²) in [6, 6.07) is 12.1. The largest absolute Gasteiger partial charge is 0.462 e. The second-order valence-electron chi connectivity index (χ2n) is 6.24. The van der Waals surface area contributed by atoms with E-state index in [1.54, 1.807) is 12.1 Å². The zero-order chi connectivity index (χ0) is 21.4. The van der Waals surface area contributed by atoms with Crippen molar-refractivity contribution in [2.75, 3.05) is 22.6 Å². The highest BCUT2D eigenvalue weighted by Gasteiger charge is 2.28. The Balaban J connectivity index is 2.20. The fraction of sp³-hybridized carbons (Fsp3) is 0.238. The van der Waals surface area contributed by atoms with E-state index in [4.69, 9.17) is 10.5 Å². The highest BCUT2D eigenvalue weighted by atomic mass is 16.5. The van der Waals surface area contributed by atoms with E-state index in [1.165, 1.54) is 43.3 Å². The van der Waals surface area contributed by atoms with E-state index in [-0.39, 0.29) is 23.5 Å². The minimum absolute atomic E-state index is 0.117. The third-order valence-electron chi connectivity index (χ3n) is 3.99. The topological polar surface area (TPSA) is 119 Å². The molecule has 2 aromatic carbocycles. The normalized spacial score (nSPS) is 10.1. The Morgan fingerprint density at radius 3 is 2.31 bits per heavy atom. The maximum Gasteiger partial charge on any atom is 0.340 e. The second kappa shape index (κ2) is 10.0. The number of carbonyl (C=O) groups is 4. The van der Waals surface area contributed by atoms with Gasteiger partial charge in [-0.15, -0.1) is 0 Å². The van der Waals surface area contributed by atoms with Gasteiger partial charge in [-0.3, -0.25) is 14.4 Å². The Morgan fingerprint density at radius 1 is 1.03 bits per heavy atom. The fourth-order valence-electron chi connectivity index (χ4n) is 2.50. The zero-order valence-corrected chi connectivity index (χ0v) is 16.3. The van der Waals surface area contributed by atoms with Crippen molar-refractivity contribution in [3.8, 4) is 0 Å². The van der Waals surface area contributed by atoms with Crippen LogP contribution in [0.3, 0.4) is 0 Å². The van der Waals surface area contributed by atoms with Gasteiger partial charge in [-0.1, -0.05) is 25.5 Å². The first-order valence-corrected chi connectivity index (χ1v) is 9.12. The number of nitrogens with one attached hydrogen (secondary N) is 1. The quantitative estimate of drug-likeness (QED) is 0.335. The summed E-state index contributed by atoms with van der Waals surface area (Å²) in [4.78, 5) is 50.1. The van der Waals surface area contributed by atoms with Crippen molar-refractivity contribution >= 4 is 40.8 Å². The molecule has 0 unspecified atom stereocenters. The van der Waals surface area contributed by atoms with E-state index in [1.807, 2.05) is 6.92 Å². The van der Waals surface area contributed by atoms with Crippen LogP contribution < -0.4 is 16.0 Å². The van der Waals surface area contributed by atoms with Gasteiger partial charge in [-0.05, 0) is 42.8 Å². The number of unbranched alkanes of at least 4 members (excludes halogenated alkanes) is 1. The van der Waals surface area contributed by atoms with Crippen LogP contribution in [0.5, 0.6) is 0 Å². The maximum atomic E-state index is 12.6. The number of imide groups is 1. The number of nitrogens with zero attached hydrogens (tertiary/aromatic N) is 1. The number of hydrogen-bond acceptors (Lipinski definition) is 6. The van der Waals surface area contributed by atoms with Crippen molar-refractivity contribution in [1.29, 1.82) is 0 Å². The molecule has 8 heteroatoms. The number of ether oxygens (including phenoxy) is 1. The number of anilines is 3. The maximum absolute atomic E-state index is 12.6. The van der Waals surface area contributed by atoms with Crippen molar-refractivity contribution < 1.29 is 23.9 Å². The molecular formula is C21H23N3O5. The summed E-state index contributed by atoms with van der Waals surface area (Å²) in [5, 5.41) is 2.39. The lowest BCUT2D eigenvalue weighted by molar-refractivity contribution is -0.136. The third-order valence-corrected chi connectivity index (χ3v) is 3.99. The Morgan fingerprint density at radius 2 is 1.69 bits per heavy atom. The van der Waals surface area contributed by atoms with Crippen molar-refractivity contribution in [1.82, 2.24) is 0 Å². The van der Waals surface area contributed by atoms with Crippen molar-refractivity contribution in [2.45, 2.75) is 26.7 Å². The summed E-state index contributed by atoms with van der Waals surface area (Å²) in [7, 11) is 0. The highest BCUT2D eigenvalue weighted by molar-refractivity contribution is 6.48. The third kappa shape index (κ3) is 5.65. The van der Waals surface area contributed by atoms with Crippen LogP contribution in [0.1, 0.15) is 37.0 Å². The molecule has 0 atom stereocenters. The van der Waals surface area contributed by atoms with E-state index < -0.39 is 23.7 Å². The number of esters is 1. The zero-order valence-electron chi connectivity index (χ0n) is 16.3. The van der Waals surface area contributed by atoms with E-state index in [0.717, 1.165) is 11.3 Å². The van der Waals surface area contributed by atoms with E-state index >= 15 is 0 Å². The Bertz CT molecular complexity index is 909. The number of nitrogens with two attached hydrogens (primary N) is 1. The monoisotopic (exact) mass is 397 g/mol. The summed E-state index contributed by atoms with van der Waals surface area (Å²) >= 11 is 0. The van der Waals surface area contributed by atoms with Crippen LogP contribution in [0.25, 0.3) is 0 Å². The van der Waals surface area contributed by atoms with Crippen LogP contribution in [-0.2, 0) is 19.1 Å². The lowest BCUT2D eigenvalue weighted by Crippen LogP contribution is -2.42. The molecule has 8 nitrogen and oxygen atoms in total. The summed E-state index contributed by atoms with van der Waals surface area (Å²) in [6.07, 6.45) is 1.58. The van der Waals surface area contributed by atoms with Gasteiger partial charge in [-0.2, -0.15) is 0 Å². The molecule has 152 valence electrons. The SMILES string of the molecule is CCCCOC(=O)c1ccccc1NC(=O)C(=O)N(C(C)=O)c1ccc(N)cc1. The molecule has 0 aliphatic heterocycles. The van der Waals surface area contributed by atoms with Gasteiger partial charge < -0.3 is 15.8 Å².